The second-order valence-corrected chi connectivity index (χ2v) is 5.99. The Hall–Kier alpha value is -3.29. The van der Waals surface area contributed by atoms with Gasteiger partial charge in [-0.2, -0.15) is 5.26 Å². The molecule has 0 saturated heterocycles. The molecule has 128 valence electrons. The summed E-state index contributed by atoms with van der Waals surface area (Å²) in [5, 5.41) is 12.6. The summed E-state index contributed by atoms with van der Waals surface area (Å²) in [6.07, 6.45) is 1.42. The number of furan rings is 1. The molecule has 0 radical (unpaired) electrons. The first-order valence-corrected chi connectivity index (χ1v) is 8.33. The lowest BCUT2D eigenvalue weighted by Gasteiger charge is -2.03. The zero-order valence-corrected chi connectivity index (χ0v) is 14.5. The molecular weight excluding hydrogens is 348 g/mol. The Balaban J connectivity index is 1.73. The molecule has 5 heteroatoms. The smallest absolute Gasteiger partial charge is 0.262 e. The summed E-state index contributed by atoms with van der Waals surface area (Å²) < 4.78 is 5.70. The molecule has 0 aliphatic rings. The molecule has 4 nitrogen and oxygen atoms in total. The Kier molecular flexibility index (Phi) is 5.52. The zero-order chi connectivity index (χ0) is 18.4. The molecule has 1 aromatic heterocycles. The Morgan fingerprint density at radius 1 is 1.12 bits per heavy atom. The van der Waals surface area contributed by atoms with Crippen molar-refractivity contribution < 1.29 is 9.21 Å². The topological polar surface area (TPSA) is 66.0 Å². The Labute approximate surface area is 156 Å². The minimum absolute atomic E-state index is 0.0204. The van der Waals surface area contributed by atoms with Crippen LogP contribution in [0.5, 0.6) is 0 Å². The van der Waals surface area contributed by atoms with Crippen LogP contribution in [0.4, 0.5) is 0 Å². The Morgan fingerprint density at radius 3 is 2.65 bits per heavy atom. The van der Waals surface area contributed by atoms with Crippen molar-refractivity contribution in [1.29, 1.82) is 5.26 Å². The van der Waals surface area contributed by atoms with Crippen LogP contribution in [0.25, 0.3) is 17.4 Å². The maximum Gasteiger partial charge on any atom is 0.262 e. The number of rotatable bonds is 5. The average Bonchev–Trinajstić information content (AvgIpc) is 3.14. The van der Waals surface area contributed by atoms with Crippen molar-refractivity contribution in [3.63, 3.8) is 0 Å². The molecule has 0 atom stereocenters. The number of benzene rings is 2. The van der Waals surface area contributed by atoms with Crippen molar-refractivity contribution in [3.8, 4) is 17.4 Å². The van der Waals surface area contributed by atoms with Gasteiger partial charge in [0.2, 0.25) is 0 Å². The Bertz CT molecular complexity index is 985. The van der Waals surface area contributed by atoms with Crippen LogP contribution in [0.1, 0.15) is 11.3 Å². The van der Waals surface area contributed by atoms with Gasteiger partial charge in [-0.3, -0.25) is 4.79 Å². The summed E-state index contributed by atoms with van der Waals surface area (Å²) in [4.78, 5) is 12.2. The van der Waals surface area contributed by atoms with Crippen molar-refractivity contribution in [1.82, 2.24) is 5.32 Å². The van der Waals surface area contributed by atoms with Crippen molar-refractivity contribution in [3.05, 3.63) is 88.6 Å². The SMILES string of the molecule is N#C/C(=C/c1ccc(-c2cccc(Cl)c2)o1)C(=O)NCc1ccccc1. The second-order valence-electron chi connectivity index (χ2n) is 5.55. The average molecular weight is 363 g/mol. The van der Waals surface area contributed by atoms with Gasteiger partial charge in [-0.1, -0.05) is 54.1 Å². The first-order chi connectivity index (χ1) is 12.7. The molecule has 2 aromatic carbocycles. The van der Waals surface area contributed by atoms with Crippen LogP contribution in [-0.4, -0.2) is 5.91 Å². The van der Waals surface area contributed by atoms with Gasteiger partial charge in [0.05, 0.1) is 0 Å². The van der Waals surface area contributed by atoms with E-state index in [0.717, 1.165) is 11.1 Å². The third kappa shape index (κ3) is 4.41. The summed E-state index contributed by atoms with van der Waals surface area (Å²) >= 11 is 5.99. The molecule has 0 aliphatic heterocycles. The molecule has 1 N–H and O–H groups in total. The standard InChI is InChI=1S/C21H15ClN2O2/c22-18-8-4-7-16(11-18)20-10-9-19(26-20)12-17(13-23)21(25)24-14-15-5-2-1-3-6-15/h1-12H,14H2,(H,24,25)/b17-12-. The molecule has 0 unspecified atom stereocenters. The van der Waals surface area contributed by atoms with Crippen LogP contribution in [0.15, 0.2) is 76.7 Å². The molecule has 0 bridgehead atoms. The minimum atomic E-state index is -0.447. The molecule has 26 heavy (non-hydrogen) atoms. The van der Waals surface area contributed by atoms with E-state index in [2.05, 4.69) is 5.32 Å². The quantitative estimate of drug-likeness (QED) is 0.522. The fourth-order valence-corrected chi connectivity index (χ4v) is 2.58. The third-order valence-electron chi connectivity index (χ3n) is 3.68. The van der Waals surface area contributed by atoms with Crippen molar-refractivity contribution in [2.45, 2.75) is 6.54 Å². The van der Waals surface area contributed by atoms with Gasteiger partial charge in [0.25, 0.3) is 5.91 Å². The summed E-state index contributed by atoms with van der Waals surface area (Å²) in [7, 11) is 0. The molecule has 1 amide bonds. The summed E-state index contributed by atoms with van der Waals surface area (Å²) in [6.45, 7) is 0.352. The van der Waals surface area contributed by atoms with E-state index in [1.54, 1.807) is 24.3 Å². The maximum absolute atomic E-state index is 12.2. The largest absolute Gasteiger partial charge is 0.457 e. The first-order valence-electron chi connectivity index (χ1n) is 7.95. The van der Waals surface area contributed by atoms with Gasteiger partial charge in [0.1, 0.15) is 23.2 Å². The van der Waals surface area contributed by atoms with Gasteiger partial charge in [-0.05, 0) is 29.8 Å². The number of nitrogens with one attached hydrogen (secondary N) is 1. The highest BCUT2D eigenvalue weighted by Gasteiger charge is 2.11. The van der Waals surface area contributed by atoms with E-state index in [0.29, 0.717) is 23.1 Å². The van der Waals surface area contributed by atoms with E-state index in [1.807, 2.05) is 48.5 Å². The lowest BCUT2D eigenvalue weighted by atomic mass is 10.2. The number of hydrogen-bond acceptors (Lipinski definition) is 3. The van der Waals surface area contributed by atoms with Crippen LogP contribution in [0.3, 0.4) is 0 Å². The number of nitrogens with zero attached hydrogens (tertiary/aromatic N) is 1. The number of nitriles is 1. The van der Waals surface area contributed by atoms with E-state index >= 15 is 0 Å². The van der Waals surface area contributed by atoms with E-state index in [9.17, 15) is 10.1 Å². The summed E-state index contributed by atoms with van der Waals surface area (Å²) in [5.74, 6) is 0.587. The van der Waals surface area contributed by atoms with Gasteiger partial charge < -0.3 is 9.73 Å². The third-order valence-corrected chi connectivity index (χ3v) is 3.92. The van der Waals surface area contributed by atoms with Gasteiger partial charge in [0, 0.05) is 23.2 Å². The predicted octanol–water partition coefficient (Wildman–Crippen LogP) is 4.82. The summed E-state index contributed by atoms with van der Waals surface area (Å²) in [5.41, 5.74) is 1.76. The fraction of sp³-hybridized carbons (Fsp3) is 0.0476. The van der Waals surface area contributed by atoms with Crippen molar-refractivity contribution >= 4 is 23.6 Å². The van der Waals surface area contributed by atoms with E-state index in [1.165, 1.54) is 6.08 Å². The molecule has 0 fully saturated rings. The second kappa shape index (κ2) is 8.19. The number of hydrogen-bond donors (Lipinski definition) is 1. The molecule has 0 aliphatic carbocycles. The van der Waals surface area contributed by atoms with Crippen LogP contribution < -0.4 is 5.32 Å². The molecular formula is C21H15ClN2O2. The molecule has 0 spiro atoms. The highest BCUT2D eigenvalue weighted by atomic mass is 35.5. The van der Waals surface area contributed by atoms with Gasteiger partial charge >= 0.3 is 0 Å². The van der Waals surface area contributed by atoms with Crippen LogP contribution in [0.2, 0.25) is 5.02 Å². The lowest BCUT2D eigenvalue weighted by Crippen LogP contribution is -2.23. The van der Waals surface area contributed by atoms with Gasteiger partial charge in [0.15, 0.2) is 0 Å². The summed E-state index contributed by atoms with van der Waals surface area (Å²) in [6, 6.07) is 22.1. The van der Waals surface area contributed by atoms with Crippen LogP contribution in [0, 0.1) is 11.3 Å². The molecule has 3 aromatic rings. The van der Waals surface area contributed by atoms with Gasteiger partial charge in [-0.25, -0.2) is 0 Å². The van der Waals surface area contributed by atoms with Crippen LogP contribution in [-0.2, 0) is 11.3 Å². The molecule has 0 saturated carbocycles. The first kappa shape index (κ1) is 17.5. The van der Waals surface area contributed by atoms with Crippen molar-refractivity contribution in [2.75, 3.05) is 0 Å². The molecule has 1 heterocycles. The molecule has 3 rings (SSSR count). The predicted molar refractivity (Wildman–Crippen MR) is 101 cm³/mol. The monoisotopic (exact) mass is 362 g/mol. The lowest BCUT2D eigenvalue weighted by molar-refractivity contribution is -0.117. The fourth-order valence-electron chi connectivity index (χ4n) is 2.39. The van der Waals surface area contributed by atoms with E-state index < -0.39 is 5.91 Å². The number of amides is 1. The highest BCUT2D eigenvalue weighted by Crippen LogP contribution is 2.25. The van der Waals surface area contributed by atoms with Crippen LogP contribution >= 0.6 is 11.6 Å². The maximum atomic E-state index is 12.2. The van der Waals surface area contributed by atoms with E-state index in [-0.39, 0.29) is 5.57 Å². The van der Waals surface area contributed by atoms with E-state index in [4.69, 9.17) is 16.0 Å². The number of carbonyl (C=O) groups excluding carboxylic acids is 1. The number of halogens is 1. The number of carbonyl (C=O) groups is 1. The normalized spacial score (nSPS) is 11.0. The highest BCUT2D eigenvalue weighted by molar-refractivity contribution is 6.30. The Morgan fingerprint density at radius 2 is 1.92 bits per heavy atom. The van der Waals surface area contributed by atoms with Crippen molar-refractivity contribution in [2.24, 2.45) is 0 Å². The zero-order valence-electron chi connectivity index (χ0n) is 13.8. The van der Waals surface area contributed by atoms with Gasteiger partial charge in [-0.15, -0.1) is 0 Å². The minimum Gasteiger partial charge on any atom is -0.457 e.